The van der Waals surface area contributed by atoms with Gasteiger partial charge in [0, 0.05) is 39.6 Å². The van der Waals surface area contributed by atoms with E-state index in [4.69, 9.17) is 4.74 Å². The van der Waals surface area contributed by atoms with Gasteiger partial charge in [0.15, 0.2) is 0 Å². The third-order valence-corrected chi connectivity index (χ3v) is 7.57. The van der Waals surface area contributed by atoms with Crippen LogP contribution in [0.25, 0.3) is 10.9 Å². The van der Waals surface area contributed by atoms with Gasteiger partial charge in [-0.05, 0) is 72.7 Å². The lowest BCUT2D eigenvalue weighted by molar-refractivity contribution is -0.129. The number of rotatable bonds is 3. The van der Waals surface area contributed by atoms with E-state index in [-0.39, 0.29) is 11.3 Å². The van der Waals surface area contributed by atoms with Crippen LogP contribution in [-0.2, 0) is 23.1 Å². The van der Waals surface area contributed by atoms with Crippen molar-refractivity contribution >= 4 is 32.7 Å². The van der Waals surface area contributed by atoms with Gasteiger partial charge in [0.2, 0.25) is 5.91 Å². The Morgan fingerprint density at radius 1 is 1.33 bits per heavy atom. The summed E-state index contributed by atoms with van der Waals surface area (Å²) < 4.78 is 6.63. The molecule has 1 aromatic heterocycles. The summed E-state index contributed by atoms with van der Waals surface area (Å²) in [6, 6.07) is 14.9. The number of carbonyl (C=O) groups excluding carboxylic acids is 1. The molecule has 2 atom stereocenters. The first kappa shape index (κ1) is 19.4. The number of halogens is 1. The molecule has 5 heteroatoms. The Bertz CT molecular complexity index is 1150. The van der Waals surface area contributed by atoms with Gasteiger partial charge in [-0.2, -0.15) is 0 Å². The van der Waals surface area contributed by atoms with Crippen molar-refractivity contribution in [2.75, 3.05) is 20.2 Å². The third-order valence-electron chi connectivity index (χ3n) is 7.08. The molecule has 5 rings (SSSR count). The van der Waals surface area contributed by atoms with Crippen molar-refractivity contribution in [1.82, 2.24) is 9.88 Å². The van der Waals surface area contributed by atoms with E-state index in [1.807, 2.05) is 11.0 Å². The summed E-state index contributed by atoms with van der Waals surface area (Å²) in [6.45, 7) is 5.20. The number of carbonyl (C=O) groups is 1. The first-order valence-corrected chi connectivity index (χ1v) is 11.2. The van der Waals surface area contributed by atoms with Crippen molar-refractivity contribution in [2.45, 2.75) is 24.7 Å². The molecule has 1 saturated heterocycles. The van der Waals surface area contributed by atoms with Gasteiger partial charge in [-0.1, -0.05) is 34.6 Å². The van der Waals surface area contributed by atoms with Crippen LogP contribution >= 0.6 is 15.9 Å². The van der Waals surface area contributed by atoms with E-state index >= 15 is 0 Å². The molecule has 0 radical (unpaired) electrons. The molecular weight excluding hydrogens is 440 g/mol. The van der Waals surface area contributed by atoms with E-state index < -0.39 is 0 Å². The molecule has 1 aliphatic carbocycles. The average molecular weight is 465 g/mol. The molecule has 30 heavy (non-hydrogen) atoms. The number of likely N-dealkylation sites (tertiary alicyclic amines) is 1. The van der Waals surface area contributed by atoms with Crippen LogP contribution in [0.15, 0.2) is 59.6 Å². The second-order valence-corrected chi connectivity index (χ2v) is 9.39. The lowest BCUT2D eigenvalue weighted by Crippen LogP contribution is -2.54. The molecule has 0 saturated carbocycles. The fraction of sp³-hybridized carbons (Fsp3) is 0.320. The fourth-order valence-electron chi connectivity index (χ4n) is 5.53. The average Bonchev–Trinajstić information content (AvgIpc) is 3.12. The second-order valence-electron chi connectivity index (χ2n) is 8.48. The lowest BCUT2D eigenvalue weighted by Gasteiger charge is -2.51. The van der Waals surface area contributed by atoms with Gasteiger partial charge in [0.25, 0.3) is 0 Å². The summed E-state index contributed by atoms with van der Waals surface area (Å²) in [7, 11) is 1.72. The number of fused-ring (bicyclic) bond motifs is 4. The van der Waals surface area contributed by atoms with Crippen LogP contribution in [0.2, 0.25) is 0 Å². The van der Waals surface area contributed by atoms with Crippen LogP contribution in [0.5, 0.6) is 5.75 Å². The molecule has 2 aromatic carbocycles. The van der Waals surface area contributed by atoms with Crippen molar-refractivity contribution in [2.24, 2.45) is 5.92 Å². The van der Waals surface area contributed by atoms with Crippen molar-refractivity contribution in [3.8, 4) is 5.75 Å². The molecular formula is C25H25BrN2O2. The Labute approximate surface area is 185 Å². The quantitative estimate of drug-likeness (QED) is 0.553. The molecule has 1 amide bonds. The summed E-state index contributed by atoms with van der Waals surface area (Å²) >= 11 is 3.62. The van der Waals surface area contributed by atoms with Gasteiger partial charge in [0.05, 0.1) is 7.11 Å². The van der Waals surface area contributed by atoms with Crippen molar-refractivity contribution in [1.29, 1.82) is 0 Å². The van der Waals surface area contributed by atoms with E-state index in [2.05, 4.69) is 63.9 Å². The standard InChI is InChI=1S/C25H25BrN2O2/c1-3-24(29)28-10-9-25(16-5-4-6-19(11-16)30-2)14-23-20(12-17(25)15-28)21-13-18(26)7-8-22(21)27-23/h3-8,11,13,17,27H,1,9-10,12,14-15H2,2H3/t17?,25-/m1/s1. The molecule has 154 valence electrons. The highest BCUT2D eigenvalue weighted by molar-refractivity contribution is 9.10. The number of hydrogen-bond acceptors (Lipinski definition) is 2. The minimum absolute atomic E-state index is 0.0163. The minimum atomic E-state index is -0.0163. The highest BCUT2D eigenvalue weighted by atomic mass is 79.9. The normalized spacial score (nSPS) is 23.0. The Morgan fingerprint density at radius 3 is 3.00 bits per heavy atom. The number of H-pyrrole nitrogens is 1. The first-order chi connectivity index (χ1) is 14.5. The number of nitrogens with zero attached hydrogens (tertiary/aromatic N) is 1. The molecule has 2 heterocycles. The zero-order valence-electron chi connectivity index (χ0n) is 17.1. The van der Waals surface area contributed by atoms with E-state index in [1.165, 1.54) is 33.8 Å². The SMILES string of the molecule is C=CC(=O)N1CC[C@]2(c3cccc(OC)c3)Cc3[nH]c4ccc(Br)cc4c3CC2C1. The predicted molar refractivity (Wildman–Crippen MR) is 123 cm³/mol. The highest BCUT2D eigenvalue weighted by Crippen LogP contribution is 2.49. The Kier molecular flexibility index (Phi) is 4.73. The maximum Gasteiger partial charge on any atom is 0.245 e. The molecule has 1 unspecified atom stereocenters. The van der Waals surface area contributed by atoms with Crippen molar-refractivity contribution < 1.29 is 9.53 Å². The predicted octanol–water partition coefficient (Wildman–Crippen LogP) is 5.01. The number of ether oxygens (including phenoxy) is 1. The topological polar surface area (TPSA) is 45.3 Å². The largest absolute Gasteiger partial charge is 0.497 e. The van der Waals surface area contributed by atoms with Crippen LogP contribution in [0.1, 0.15) is 23.2 Å². The van der Waals surface area contributed by atoms with Crippen LogP contribution in [0, 0.1) is 5.92 Å². The van der Waals surface area contributed by atoms with Gasteiger partial charge in [0.1, 0.15) is 5.75 Å². The molecule has 3 aromatic rings. The van der Waals surface area contributed by atoms with Gasteiger partial charge in [-0.3, -0.25) is 4.79 Å². The molecule has 1 N–H and O–H groups in total. The van der Waals surface area contributed by atoms with Crippen LogP contribution in [0.4, 0.5) is 0 Å². The summed E-state index contributed by atoms with van der Waals surface area (Å²) in [4.78, 5) is 18.1. The van der Waals surface area contributed by atoms with E-state index in [0.717, 1.165) is 42.6 Å². The number of methoxy groups -OCH3 is 1. The van der Waals surface area contributed by atoms with E-state index in [1.54, 1.807) is 7.11 Å². The Hall–Kier alpha value is -2.53. The molecule has 1 aliphatic heterocycles. The van der Waals surface area contributed by atoms with E-state index in [0.29, 0.717) is 5.92 Å². The summed E-state index contributed by atoms with van der Waals surface area (Å²) in [6.07, 6.45) is 4.27. The smallest absolute Gasteiger partial charge is 0.245 e. The lowest BCUT2D eigenvalue weighted by atomic mass is 9.58. The minimum Gasteiger partial charge on any atom is -0.497 e. The fourth-order valence-corrected chi connectivity index (χ4v) is 5.89. The summed E-state index contributed by atoms with van der Waals surface area (Å²) in [5.74, 6) is 1.26. The first-order valence-electron chi connectivity index (χ1n) is 10.4. The van der Waals surface area contributed by atoms with Crippen molar-refractivity contribution in [3.63, 3.8) is 0 Å². The van der Waals surface area contributed by atoms with Gasteiger partial charge in [-0.25, -0.2) is 0 Å². The van der Waals surface area contributed by atoms with E-state index in [9.17, 15) is 4.79 Å². The second kappa shape index (κ2) is 7.31. The maximum absolute atomic E-state index is 12.4. The van der Waals surface area contributed by atoms with Crippen LogP contribution in [0.3, 0.4) is 0 Å². The third kappa shape index (κ3) is 2.99. The Morgan fingerprint density at radius 2 is 2.20 bits per heavy atom. The number of hydrogen-bond donors (Lipinski definition) is 1. The summed E-state index contributed by atoms with van der Waals surface area (Å²) in [5.41, 5.74) is 5.19. The van der Waals surface area contributed by atoms with Crippen LogP contribution in [-0.4, -0.2) is 36.0 Å². The number of amides is 1. The van der Waals surface area contributed by atoms with Crippen LogP contribution < -0.4 is 4.74 Å². The number of aromatic amines is 1. The zero-order valence-corrected chi connectivity index (χ0v) is 18.7. The molecule has 1 fully saturated rings. The van der Waals surface area contributed by atoms with Gasteiger partial charge < -0.3 is 14.6 Å². The molecule has 2 aliphatic rings. The molecule has 0 spiro atoms. The zero-order chi connectivity index (χ0) is 20.9. The number of nitrogens with one attached hydrogen (secondary N) is 1. The Balaban J connectivity index is 1.64. The van der Waals surface area contributed by atoms with Gasteiger partial charge >= 0.3 is 0 Å². The number of aromatic nitrogens is 1. The van der Waals surface area contributed by atoms with Gasteiger partial charge in [-0.15, -0.1) is 0 Å². The maximum atomic E-state index is 12.4. The number of benzene rings is 2. The monoisotopic (exact) mass is 464 g/mol. The molecule has 4 nitrogen and oxygen atoms in total. The molecule has 0 bridgehead atoms. The summed E-state index contributed by atoms with van der Waals surface area (Å²) in [5, 5.41) is 1.28. The highest BCUT2D eigenvalue weighted by Gasteiger charge is 2.48. The number of piperidine rings is 1. The van der Waals surface area contributed by atoms with Crippen molar-refractivity contribution in [3.05, 3.63) is 76.4 Å².